The average molecular weight is 418 g/mol. The van der Waals surface area contributed by atoms with Gasteiger partial charge in [0.2, 0.25) is 4.96 Å². The monoisotopic (exact) mass is 417 g/mol. The van der Waals surface area contributed by atoms with E-state index in [1.807, 2.05) is 66.7 Å². The summed E-state index contributed by atoms with van der Waals surface area (Å²) in [5.74, 6) is 1.38. The van der Waals surface area contributed by atoms with Gasteiger partial charge in [-0.1, -0.05) is 73.6 Å². The number of ether oxygens (including phenoxy) is 1. The van der Waals surface area contributed by atoms with Crippen LogP contribution in [0.25, 0.3) is 28.5 Å². The molecule has 0 amide bonds. The third-order valence-electron chi connectivity index (χ3n) is 4.65. The maximum atomic E-state index is 12.6. The molecule has 152 valence electrons. The highest BCUT2D eigenvalue weighted by Crippen LogP contribution is 2.20. The molecule has 0 radical (unpaired) electrons. The lowest BCUT2D eigenvalue weighted by Gasteiger charge is -2.05. The molecule has 0 N–H and O–H groups in total. The Labute approximate surface area is 179 Å². The van der Waals surface area contributed by atoms with Crippen molar-refractivity contribution in [1.29, 1.82) is 0 Å². The van der Waals surface area contributed by atoms with Gasteiger partial charge in [0.05, 0.1) is 11.1 Å². The van der Waals surface area contributed by atoms with Gasteiger partial charge < -0.3 is 4.74 Å². The van der Waals surface area contributed by atoms with Crippen LogP contribution in [0.4, 0.5) is 0 Å². The molecule has 0 aliphatic heterocycles. The first-order valence-electron chi connectivity index (χ1n) is 10.1. The fourth-order valence-corrected chi connectivity index (χ4v) is 3.88. The van der Waals surface area contributed by atoms with E-state index >= 15 is 0 Å². The number of hydrogen-bond acceptors (Lipinski definition) is 5. The largest absolute Gasteiger partial charge is 0.494 e. The summed E-state index contributed by atoms with van der Waals surface area (Å²) < 4.78 is 7.73. The van der Waals surface area contributed by atoms with Crippen molar-refractivity contribution >= 4 is 28.4 Å². The van der Waals surface area contributed by atoms with Gasteiger partial charge in [0.25, 0.3) is 5.56 Å². The highest BCUT2D eigenvalue weighted by molar-refractivity contribution is 7.15. The van der Waals surface area contributed by atoms with Crippen molar-refractivity contribution in [2.45, 2.75) is 26.2 Å². The number of thiazole rings is 1. The number of rotatable bonds is 8. The first-order valence-corrected chi connectivity index (χ1v) is 10.9. The van der Waals surface area contributed by atoms with Gasteiger partial charge in [0, 0.05) is 5.56 Å². The average Bonchev–Trinajstić information content (AvgIpc) is 3.32. The Morgan fingerprint density at radius 1 is 1.07 bits per heavy atom. The Bertz CT molecular complexity index is 1240. The molecule has 0 fully saturated rings. The van der Waals surface area contributed by atoms with Crippen molar-refractivity contribution in [3.63, 3.8) is 0 Å². The summed E-state index contributed by atoms with van der Waals surface area (Å²) in [6.07, 6.45) is 9.06. The van der Waals surface area contributed by atoms with Crippen LogP contribution in [0.3, 0.4) is 0 Å². The van der Waals surface area contributed by atoms with Gasteiger partial charge in [-0.2, -0.15) is 9.50 Å². The Hall–Kier alpha value is -3.25. The van der Waals surface area contributed by atoms with E-state index in [2.05, 4.69) is 17.0 Å². The van der Waals surface area contributed by atoms with Crippen LogP contribution >= 0.6 is 11.3 Å². The Morgan fingerprint density at radius 2 is 1.87 bits per heavy atom. The standard InChI is InChI=1S/C24H23N3O2S/c1-2-3-7-17-29-20-15-13-19(14-16-20)22-25-24-27(26-22)23(28)21(30-24)12-8-11-18-9-5-4-6-10-18/h4-6,8-16H,2-3,7,17H2,1H3. The SMILES string of the molecule is CCCCCOc1ccc(-c2nc3sc(=CC=Cc4ccccc4)c(=O)n3n2)cc1. The van der Waals surface area contributed by atoms with Crippen molar-refractivity contribution in [3.8, 4) is 17.1 Å². The van der Waals surface area contributed by atoms with Crippen molar-refractivity contribution in [1.82, 2.24) is 14.6 Å². The molecule has 0 aliphatic carbocycles. The van der Waals surface area contributed by atoms with E-state index in [0.717, 1.165) is 29.9 Å². The van der Waals surface area contributed by atoms with Crippen LogP contribution in [0.15, 0.2) is 65.5 Å². The molecule has 2 aromatic carbocycles. The third kappa shape index (κ3) is 4.66. The number of aromatic nitrogens is 3. The summed E-state index contributed by atoms with van der Waals surface area (Å²) in [5.41, 5.74) is 1.80. The molecule has 4 aromatic rings. The van der Waals surface area contributed by atoms with Crippen LogP contribution in [0.5, 0.6) is 5.75 Å². The van der Waals surface area contributed by atoms with E-state index in [0.29, 0.717) is 15.3 Å². The lowest BCUT2D eigenvalue weighted by molar-refractivity contribution is 0.306. The smallest absolute Gasteiger partial charge is 0.291 e. The molecule has 0 saturated carbocycles. The maximum absolute atomic E-state index is 12.6. The zero-order valence-corrected chi connectivity index (χ0v) is 17.6. The van der Waals surface area contributed by atoms with Crippen molar-refractivity contribution in [3.05, 3.63) is 81.1 Å². The molecular weight excluding hydrogens is 394 g/mol. The van der Waals surface area contributed by atoms with Gasteiger partial charge in [0.15, 0.2) is 5.82 Å². The number of fused-ring (bicyclic) bond motifs is 1. The second-order valence-corrected chi connectivity index (χ2v) is 7.93. The molecule has 0 unspecified atom stereocenters. The first kappa shape index (κ1) is 20.0. The number of benzene rings is 2. The van der Waals surface area contributed by atoms with Gasteiger partial charge in [-0.3, -0.25) is 4.79 Å². The Kier molecular flexibility index (Phi) is 6.35. The molecule has 0 aliphatic rings. The van der Waals surface area contributed by atoms with E-state index in [-0.39, 0.29) is 5.56 Å². The molecule has 6 heteroatoms. The van der Waals surface area contributed by atoms with E-state index in [9.17, 15) is 4.79 Å². The van der Waals surface area contributed by atoms with E-state index in [1.54, 1.807) is 6.08 Å². The molecule has 2 aromatic heterocycles. The summed E-state index contributed by atoms with van der Waals surface area (Å²) in [4.78, 5) is 17.8. The molecule has 0 spiro atoms. The zero-order valence-electron chi connectivity index (χ0n) is 16.8. The van der Waals surface area contributed by atoms with Gasteiger partial charge in [-0.05, 0) is 42.3 Å². The van der Waals surface area contributed by atoms with Gasteiger partial charge in [-0.25, -0.2) is 0 Å². The first-order chi connectivity index (χ1) is 14.7. The van der Waals surface area contributed by atoms with Crippen molar-refractivity contribution in [2.75, 3.05) is 6.61 Å². The summed E-state index contributed by atoms with van der Waals surface area (Å²) in [5, 5.41) is 4.40. The molecule has 2 heterocycles. The van der Waals surface area contributed by atoms with Crippen molar-refractivity contribution in [2.24, 2.45) is 0 Å². The minimum Gasteiger partial charge on any atom is -0.494 e. The van der Waals surface area contributed by atoms with Gasteiger partial charge >= 0.3 is 0 Å². The topological polar surface area (TPSA) is 56.5 Å². The minimum absolute atomic E-state index is 0.151. The predicted molar refractivity (Wildman–Crippen MR) is 123 cm³/mol. The molecule has 30 heavy (non-hydrogen) atoms. The highest BCUT2D eigenvalue weighted by atomic mass is 32.1. The summed E-state index contributed by atoms with van der Waals surface area (Å²) in [6, 6.07) is 17.6. The molecule has 0 bridgehead atoms. The predicted octanol–water partition coefficient (Wildman–Crippen LogP) is 4.60. The van der Waals surface area contributed by atoms with Crippen LogP contribution in [0, 0.1) is 0 Å². The van der Waals surface area contributed by atoms with Crippen LogP contribution in [0.2, 0.25) is 0 Å². The van der Waals surface area contributed by atoms with E-state index < -0.39 is 0 Å². The van der Waals surface area contributed by atoms with Crippen molar-refractivity contribution < 1.29 is 4.74 Å². The lowest BCUT2D eigenvalue weighted by Crippen LogP contribution is -2.23. The second-order valence-electron chi connectivity index (χ2n) is 6.92. The number of hydrogen-bond donors (Lipinski definition) is 0. The normalized spacial score (nSPS) is 12.2. The fraction of sp³-hybridized carbons (Fsp3) is 0.208. The third-order valence-corrected chi connectivity index (χ3v) is 5.62. The Morgan fingerprint density at radius 3 is 2.60 bits per heavy atom. The van der Waals surface area contributed by atoms with E-state index in [4.69, 9.17) is 4.74 Å². The zero-order chi connectivity index (χ0) is 20.8. The maximum Gasteiger partial charge on any atom is 0.291 e. The molecule has 5 nitrogen and oxygen atoms in total. The Balaban J connectivity index is 1.50. The van der Waals surface area contributed by atoms with Gasteiger partial charge in [0.1, 0.15) is 5.75 Å². The molecule has 0 saturated heterocycles. The lowest BCUT2D eigenvalue weighted by atomic mass is 10.2. The molecule has 0 atom stereocenters. The second kappa shape index (κ2) is 9.50. The fourth-order valence-electron chi connectivity index (χ4n) is 3.02. The molecular formula is C24H23N3O2S. The summed E-state index contributed by atoms with van der Waals surface area (Å²) in [7, 11) is 0. The summed E-state index contributed by atoms with van der Waals surface area (Å²) >= 11 is 1.34. The quantitative estimate of drug-likeness (QED) is 0.393. The minimum atomic E-state index is -0.151. The molecule has 4 rings (SSSR count). The van der Waals surface area contributed by atoms with Gasteiger partial charge in [-0.15, -0.1) is 5.10 Å². The number of unbranched alkanes of at least 4 members (excludes halogenated alkanes) is 2. The number of nitrogens with zero attached hydrogens (tertiary/aromatic N) is 3. The van der Waals surface area contributed by atoms with Crippen LogP contribution < -0.4 is 14.8 Å². The summed E-state index contributed by atoms with van der Waals surface area (Å²) in [6.45, 7) is 2.90. The highest BCUT2D eigenvalue weighted by Gasteiger charge is 2.11. The van der Waals surface area contributed by atoms with Crippen LogP contribution in [0.1, 0.15) is 31.7 Å². The van der Waals surface area contributed by atoms with Crippen LogP contribution in [-0.4, -0.2) is 21.2 Å². The van der Waals surface area contributed by atoms with E-state index in [1.165, 1.54) is 28.7 Å². The number of allylic oxidation sites excluding steroid dienone is 1. The van der Waals surface area contributed by atoms with Crippen LogP contribution in [-0.2, 0) is 0 Å².